The van der Waals surface area contributed by atoms with Crippen LogP contribution >= 0.6 is 0 Å². The molecule has 130 valence electrons. The Labute approximate surface area is 144 Å². The highest BCUT2D eigenvalue weighted by Gasteiger charge is 2.24. The molecule has 1 saturated heterocycles. The van der Waals surface area contributed by atoms with Gasteiger partial charge in [0.15, 0.2) is 0 Å². The Kier molecular flexibility index (Phi) is 5.45. The van der Waals surface area contributed by atoms with Crippen LogP contribution in [0.1, 0.15) is 37.1 Å². The Balaban J connectivity index is 1.50. The Morgan fingerprint density at radius 3 is 2.92 bits per heavy atom. The maximum Gasteiger partial charge on any atom is 0.147 e. The summed E-state index contributed by atoms with van der Waals surface area (Å²) in [4.78, 5) is 7.00. The molecule has 1 atom stereocenters. The highest BCUT2D eigenvalue weighted by atomic mass is 15.3. The van der Waals surface area contributed by atoms with E-state index < -0.39 is 0 Å². The third-order valence-corrected chi connectivity index (χ3v) is 4.65. The van der Waals surface area contributed by atoms with Crippen molar-refractivity contribution in [3.8, 4) is 0 Å². The second-order valence-corrected chi connectivity index (χ2v) is 6.75. The van der Waals surface area contributed by atoms with Crippen molar-refractivity contribution in [3.05, 3.63) is 35.5 Å². The van der Waals surface area contributed by atoms with E-state index in [-0.39, 0.29) is 0 Å². The third kappa shape index (κ3) is 4.12. The van der Waals surface area contributed by atoms with Gasteiger partial charge in [0.05, 0.1) is 6.54 Å². The van der Waals surface area contributed by atoms with Crippen molar-refractivity contribution in [2.75, 3.05) is 25.0 Å². The summed E-state index contributed by atoms with van der Waals surface area (Å²) in [5.41, 5.74) is 1.05. The van der Waals surface area contributed by atoms with Gasteiger partial charge in [-0.25, -0.2) is 4.98 Å². The molecule has 3 rings (SSSR count). The molecule has 1 N–H and O–H groups in total. The first-order valence-electron chi connectivity index (χ1n) is 8.94. The van der Waals surface area contributed by atoms with E-state index in [1.165, 1.54) is 6.42 Å². The minimum Gasteiger partial charge on any atom is -0.370 e. The molecule has 1 aliphatic rings. The Morgan fingerprint density at radius 1 is 1.25 bits per heavy atom. The number of pyridine rings is 1. The van der Waals surface area contributed by atoms with Crippen LogP contribution in [-0.2, 0) is 13.1 Å². The standard InChI is InChI=1S/C18H28N6/c1-4-9-24-15(3)21-22-18(24)13-23-10-8-16(12-23)11-19-17-7-5-6-14(2)20-17/h5-7,16H,4,8-13H2,1-3H3,(H,19,20)/t16-/m0/s1. The van der Waals surface area contributed by atoms with Gasteiger partial charge in [0.1, 0.15) is 17.5 Å². The number of nitrogens with zero attached hydrogens (tertiary/aromatic N) is 5. The predicted molar refractivity (Wildman–Crippen MR) is 95.9 cm³/mol. The number of aryl methyl sites for hydroxylation is 2. The van der Waals surface area contributed by atoms with Gasteiger partial charge in [0.2, 0.25) is 0 Å². The van der Waals surface area contributed by atoms with E-state index in [9.17, 15) is 0 Å². The minimum absolute atomic E-state index is 0.663. The van der Waals surface area contributed by atoms with Crippen LogP contribution in [0.5, 0.6) is 0 Å². The van der Waals surface area contributed by atoms with Crippen LogP contribution in [0.4, 0.5) is 5.82 Å². The number of hydrogen-bond acceptors (Lipinski definition) is 5. The number of nitrogens with one attached hydrogen (secondary N) is 1. The first-order chi connectivity index (χ1) is 11.7. The number of rotatable bonds is 7. The van der Waals surface area contributed by atoms with Gasteiger partial charge in [-0.05, 0) is 51.3 Å². The van der Waals surface area contributed by atoms with Gasteiger partial charge in [0.25, 0.3) is 0 Å². The number of anilines is 1. The van der Waals surface area contributed by atoms with E-state index >= 15 is 0 Å². The SMILES string of the molecule is CCCn1c(C)nnc1CN1CC[C@@H](CNc2cccc(C)n2)C1. The summed E-state index contributed by atoms with van der Waals surface area (Å²) in [6.45, 7) is 11.4. The fourth-order valence-corrected chi connectivity index (χ4v) is 3.37. The van der Waals surface area contributed by atoms with Crippen LogP contribution in [0.15, 0.2) is 18.2 Å². The van der Waals surface area contributed by atoms with E-state index in [0.717, 1.165) is 62.3 Å². The number of hydrogen-bond donors (Lipinski definition) is 1. The van der Waals surface area contributed by atoms with Crippen LogP contribution in [0.3, 0.4) is 0 Å². The second-order valence-electron chi connectivity index (χ2n) is 6.75. The molecule has 6 nitrogen and oxygen atoms in total. The van der Waals surface area contributed by atoms with E-state index in [1.807, 2.05) is 26.0 Å². The van der Waals surface area contributed by atoms with Gasteiger partial charge in [-0.1, -0.05) is 13.0 Å². The van der Waals surface area contributed by atoms with Crippen LogP contribution in [0, 0.1) is 19.8 Å². The molecule has 0 saturated carbocycles. The maximum absolute atomic E-state index is 4.51. The third-order valence-electron chi connectivity index (χ3n) is 4.65. The minimum atomic E-state index is 0.663. The summed E-state index contributed by atoms with van der Waals surface area (Å²) in [6, 6.07) is 6.11. The monoisotopic (exact) mass is 328 g/mol. The molecule has 0 unspecified atom stereocenters. The summed E-state index contributed by atoms with van der Waals surface area (Å²) in [6.07, 6.45) is 2.33. The Hall–Kier alpha value is -1.95. The molecule has 6 heteroatoms. The topological polar surface area (TPSA) is 58.9 Å². The largest absolute Gasteiger partial charge is 0.370 e. The summed E-state index contributed by atoms with van der Waals surface area (Å²) < 4.78 is 2.25. The molecule has 0 amide bonds. The lowest BCUT2D eigenvalue weighted by Gasteiger charge is -2.17. The van der Waals surface area contributed by atoms with Crippen molar-refractivity contribution in [1.82, 2.24) is 24.6 Å². The first kappa shape index (κ1) is 16.9. The van der Waals surface area contributed by atoms with Crippen LogP contribution in [0.25, 0.3) is 0 Å². The molecule has 0 radical (unpaired) electrons. The molecule has 0 aromatic carbocycles. The molecule has 3 heterocycles. The fraction of sp³-hybridized carbons (Fsp3) is 0.611. The van der Waals surface area contributed by atoms with E-state index in [4.69, 9.17) is 0 Å². The van der Waals surface area contributed by atoms with E-state index in [2.05, 4.69) is 43.0 Å². The molecule has 1 aliphatic heterocycles. The number of likely N-dealkylation sites (tertiary alicyclic amines) is 1. The van der Waals surface area contributed by atoms with Crippen LogP contribution < -0.4 is 5.32 Å². The summed E-state index contributed by atoms with van der Waals surface area (Å²) in [5.74, 6) is 3.76. The summed E-state index contributed by atoms with van der Waals surface area (Å²) in [7, 11) is 0. The van der Waals surface area contributed by atoms with Crippen molar-refractivity contribution in [1.29, 1.82) is 0 Å². The van der Waals surface area contributed by atoms with Crippen molar-refractivity contribution < 1.29 is 0 Å². The van der Waals surface area contributed by atoms with Gasteiger partial charge < -0.3 is 9.88 Å². The zero-order valence-corrected chi connectivity index (χ0v) is 15.0. The fourth-order valence-electron chi connectivity index (χ4n) is 3.37. The summed E-state index contributed by atoms with van der Waals surface area (Å²) in [5, 5.41) is 12.1. The first-order valence-corrected chi connectivity index (χ1v) is 8.94. The van der Waals surface area contributed by atoms with Gasteiger partial charge in [-0.3, -0.25) is 4.90 Å². The maximum atomic E-state index is 4.51. The predicted octanol–water partition coefficient (Wildman–Crippen LogP) is 2.63. The van der Waals surface area contributed by atoms with Crippen molar-refractivity contribution in [2.24, 2.45) is 5.92 Å². The van der Waals surface area contributed by atoms with Crippen molar-refractivity contribution in [2.45, 2.75) is 46.7 Å². The molecule has 0 spiro atoms. The summed E-state index contributed by atoms with van der Waals surface area (Å²) >= 11 is 0. The molecular formula is C18H28N6. The molecular weight excluding hydrogens is 300 g/mol. The average molecular weight is 328 g/mol. The van der Waals surface area contributed by atoms with Gasteiger partial charge in [-0.2, -0.15) is 0 Å². The van der Waals surface area contributed by atoms with E-state index in [1.54, 1.807) is 0 Å². The molecule has 2 aromatic heterocycles. The lowest BCUT2D eigenvalue weighted by atomic mass is 10.1. The lowest BCUT2D eigenvalue weighted by Crippen LogP contribution is -2.24. The lowest BCUT2D eigenvalue weighted by molar-refractivity contribution is 0.304. The molecule has 0 bridgehead atoms. The van der Waals surface area contributed by atoms with Gasteiger partial charge in [-0.15, -0.1) is 10.2 Å². The van der Waals surface area contributed by atoms with Crippen molar-refractivity contribution in [3.63, 3.8) is 0 Å². The van der Waals surface area contributed by atoms with Crippen LogP contribution in [0.2, 0.25) is 0 Å². The zero-order valence-electron chi connectivity index (χ0n) is 15.0. The van der Waals surface area contributed by atoms with Crippen LogP contribution in [-0.4, -0.2) is 44.3 Å². The smallest absolute Gasteiger partial charge is 0.147 e. The molecule has 2 aromatic rings. The quantitative estimate of drug-likeness (QED) is 0.847. The van der Waals surface area contributed by atoms with Gasteiger partial charge in [0, 0.05) is 25.3 Å². The zero-order chi connectivity index (χ0) is 16.9. The molecule has 24 heavy (non-hydrogen) atoms. The molecule has 0 aliphatic carbocycles. The highest BCUT2D eigenvalue weighted by Crippen LogP contribution is 2.19. The Morgan fingerprint density at radius 2 is 2.12 bits per heavy atom. The highest BCUT2D eigenvalue weighted by molar-refractivity contribution is 5.35. The normalized spacial score (nSPS) is 18.2. The average Bonchev–Trinajstić information content (AvgIpc) is 3.15. The Bertz CT molecular complexity index is 665. The van der Waals surface area contributed by atoms with Gasteiger partial charge >= 0.3 is 0 Å². The van der Waals surface area contributed by atoms with Crippen molar-refractivity contribution >= 4 is 5.82 Å². The molecule has 1 fully saturated rings. The second kappa shape index (κ2) is 7.75. The number of aromatic nitrogens is 4. The van der Waals surface area contributed by atoms with E-state index in [0.29, 0.717) is 5.92 Å².